The lowest BCUT2D eigenvalue weighted by atomic mass is 9.76. The molecule has 2 heterocycles. The standard InChI is InChI=1S/C13H13N3O/c1-16-9-15-11-6-10(2-3-12(11)16)13(4-5-14)7-17-8-13/h2-3,6,9H,4,7-8H2,1H3. The number of ether oxygens (including phenoxy) is 1. The first-order valence-electron chi connectivity index (χ1n) is 5.61. The number of aryl methyl sites for hydroxylation is 1. The maximum atomic E-state index is 8.92. The summed E-state index contributed by atoms with van der Waals surface area (Å²) in [5.41, 5.74) is 3.15. The van der Waals surface area contributed by atoms with Gasteiger partial charge >= 0.3 is 0 Å². The highest BCUT2D eigenvalue weighted by Crippen LogP contribution is 2.36. The summed E-state index contributed by atoms with van der Waals surface area (Å²) < 4.78 is 7.28. The van der Waals surface area contributed by atoms with Gasteiger partial charge in [-0.15, -0.1) is 0 Å². The summed E-state index contributed by atoms with van der Waals surface area (Å²) in [7, 11) is 1.98. The number of imidazole rings is 1. The predicted octanol–water partition coefficient (Wildman–Crippen LogP) is 1.75. The Morgan fingerprint density at radius 3 is 3.00 bits per heavy atom. The Labute approximate surface area is 99.4 Å². The zero-order valence-electron chi connectivity index (χ0n) is 9.68. The lowest BCUT2D eigenvalue weighted by molar-refractivity contribution is -0.0576. The molecule has 86 valence electrons. The summed E-state index contributed by atoms with van der Waals surface area (Å²) in [6, 6.07) is 8.49. The molecule has 0 unspecified atom stereocenters. The van der Waals surface area contributed by atoms with E-state index in [1.165, 1.54) is 0 Å². The molecule has 3 rings (SSSR count). The van der Waals surface area contributed by atoms with Crippen molar-refractivity contribution in [3.8, 4) is 6.07 Å². The van der Waals surface area contributed by atoms with Gasteiger partial charge in [0.25, 0.3) is 0 Å². The number of nitriles is 1. The summed E-state index contributed by atoms with van der Waals surface area (Å²) in [6.45, 7) is 1.28. The first-order chi connectivity index (χ1) is 8.25. The average molecular weight is 227 g/mol. The van der Waals surface area contributed by atoms with Gasteiger partial charge in [0, 0.05) is 13.5 Å². The maximum Gasteiger partial charge on any atom is 0.0955 e. The first-order valence-corrected chi connectivity index (χ1v) is 5.61. The van der Waals surface area contributed by atoms with E-state index < -0.39 is 0 Å². The van der Waals surface area contributed by atoms with Crippen LogP contribution < -0.4 is 0 Å². The van der Waals surface area contributed by atoms with Gasteiger partial charge < -0.3 is 9.30 Å². The van der Waals surface area contributed by atoms with Gasteiger partial charge in [-0.25, -0.2) is 4.98 Å². The van der Waals surface area contributed by atoms with Gasteiger partial charge in [0.2, 0.25) is 0 Å². The van der Waals surface area contributed by atoms with Gasteiger partial charge in [-0.3, -0.25) is 0 Å². The lowest BCUT2D eigenvalue weighted by Gasteiger charge is -2.40. The van der Waals surface area contributed by atoms with E-state index in [2.05, 4.69) is 29.3 Å². The average Bonchev–Trinajstić information content (AvgIpc) is 2.65. The van der Waals surface area contributed by atoms with Crippen molar-refractivity contribution in [2.24, 2.45) is 7.05 Å². The smallest absolute Gasteiger partial charge is 0.0955 e. The number of hydrogen-bond acceptors (Lipinski definition) is 3. The van der Waals surface area contributed by atoms with Crippen molar-refractivity contribution < 1.29 is 4.74 Å². The molecule has 0 amide bonds. The van der Waals surface area contributed by atoms with Gasteiger partial charge in [0.15, 0.2) is 0 Å². The zero-order valence-corrected chi connectivity index (χ0v) is 9.68. The van der Waals surface area contributed by atoms with Gasteiger partial charge in [-0.1, -0.05) is 6.07 Å². The number of nitrogens with zero attached hydrogens (tertiary/aromatic N) is 3. The molecule has 0 saturated carbocycles. The van der Waals surface area contributed by atoms with Crippen molar-refractivity contribution in [2.75, 3.05) is 13.2 Å². The van der Waals surface area contributed by atoms with Crippen LogP contribution in [0.5, 0.6) is 0 Å². The van der Waals surface area contributed by atoms with Crippen molar-refractivity contribution in [1.82, 2.24) is 9.55 Å². The van der Waals surface area contributed by atoms with Crippen LogP contribution in [0.15, 0.2) is 24.5 Å². The topological polar surface area (TPSA) is 50.8 Å². The molecular weight excluding hydrogens is 214 g/mol. The fraction of sp³-hybridized carbons (Fsp3) is 0.385. The number of hydrogen-bond donors (Lipinski definition) is 0. The Morgan fingerprint density at radius 2 is 2.35 bits per heavy atom. The molecule has 2 aromatic rings. The molecule has 1 fully saturated rings. The number of benzene rings is 1. The van der Waals surface area contributed by atoms with Crippen molar-refractivity contribution >= 4 is 11.0 Å². The molecule has 17 heavy (non-hydrogen) atoms. The minimum Gasteiger partial charge on any atom is -0.379 e. The maximum absolute atomic E-state index is 8.92. The van der Waals surface area contributed by atoms with E-state index >= 15 is 0 Å². The second-order valence-electron chi connectivity index (χ2n) is 4.67. The molecule has 1 saturated heterocycles. The molecule has 0 spiro atoms. The van der Waals surface area contributed by atoms with Crippen LogP contribution in [0.4, 0.5) is 0 Å². The van der Waals surface area contributed by atoms with Crippen molar-refractivity contribution in [2.45, 2.75) is 11.8 Å². The predicted molar refractivity (Wildman–Crippen MR) is 63.4 cm³/mol. The number of fused-ring (bicyclic) bond motifs is 1. The fourth-order valence-corrected chi connectivity index (χ4v) is 2.34. The van der Waals surface area contributed by atoms with E-state index in [1.54, 1.807) is 0 Å². The molecule has 0 aliphatic carbocycles. The largest absolute Gasteiger partial charge is 0.379 e. The molecule has 0 radical (unpaired) electrons. The fourth-order valence-electron chi connectivity index (χ4n) is 2.34. The second-order valence-corrected chi connectivity index (χ2v) is 4.67. The third kappa shape index (κ3) is 1.43. The Kier molecular flexibility index (Phi) is 2.17. The van der Waals surface area contributed by atoms with Gasteiger partial charge in [0.1, 0.15) is 0 Å². The summed E-state index contributed by atoms with van der Waals surface area (Å²) in [4.78, 5) is 4.35. The molecule has 1 aromatic heterocycles. The summed E-state index contributed by atoms with van der Waals surface area (Å²) >= 11 is 0. The molecular formula is C13H13N3O. The quantitative estimate of drug-likeness (QED) is 0.785. The van der Waals surface area contributed by atoms with Crippen LogP contribution in [-0.4, -0.2) is 22.8 Å². The molecule has 4 heteroatoms. The van der Waals surface area contributed by atoms with E-state index in [9.17, 15) is 0 Å². The molecule has 1 aliphatic heterocycles. The van der Waals surface area contributed by atoms with Crippen LogP contribution in [0.1, 0.15) is 12.0 Å². The molecule has 1 aliphatic rings. The minimum absolute atomic E-state index is 0.111. The van der Waals surface area contributed by atoms with Crippen LogP contribution in [0.3, 0.4) is 0 Å². The highest BCUT2D eigenvalue weighted by Gasteiger charge is 2.40. The van der Waals surface area contributed by atoms with E-state index in [0.29, 0.717) is 19.6 Å². The summed E-state index contributed by atoms with van der Waals surface area (Å²) in [6.07, 6.45) is 2.31. The van der Waals surface area contributed by atoms with Gasteiger partial charge in [-0.2, -0.15) is 5.26 Å². The van der Waals surface area contributed by atoms with Crippen LogP contribution >= 0.6 is 0 Å². The Balaban J connectivity index is 2.08. The zero-order chi connectivity index (χ0) is 11.9. The lowest BCUT2D eigenvalue weighted by Crippen LogP contribution is -2.46. The van der Waals surface area contributed by atoms with E-state index in [4.69, 9.17) is 10.00 Å². The van der Waals surface area contributed by atoms with Crippen molar-refractivity contribution in [3.05, 3.63) is 30.1 Å². The van der Waals surface area contributed by atoms with Crippen molar-refractivity contribution in [3.63, 3.8) is 0 Å². The molecule has 0 bridgehead atoms. The van der Waals surface area contributed by atoms with Crippen LogP contribution in [0.25, 0.3) is 11.0 Å². The van der Waals surface area contributed by atoms with Crippen LogP contribution in [0, 0.1) is 11.3 Å². The molecule has 0 N–H and O–H groups in total. The Morgan fingerprint density at radius 1 is 1.53 bits per heavy atom. The number of rotatable bonds is 2. The van der Waals surface area contributed by atoms with E-state index in [1.807, 2.05) is 17.9 Å². The Hall–Kier alpha value is -1.86. The summed E-state index contributed by atoms with van der Waals surface area (Å²) in [5.74, 6) is 0. The van der Waals surface area contributed by atoms with Crippen molar-refractivity contribution in [1.29, 1.82) is 5.26 Å². The highest BCUT2D eigenvalue weighted by atomic mass is 16.5. The van der Waals surface area contributed by atoms with Crippen LogP contribution in [0.2, 0.25) is 0 Å². The SMILES string of the molecule is Cn1cnc2cc(C3(CC#N)COC3)ccc21. The second kappa shape index (κ2) is 3.57. The summed E-state index contributed by atoms with van der Waals surface area (Å²) in [5, 5.41) is 8.92. The minimum atomic E-state index is -0.111. The third-order valence-electron chi connectivity index (χ3n) is 3.51. The van der Waals surface area contributed by atoms with Gasteiger partial charge in [0.05, 0.1) is 42.1 Å². The first kappa shape index (κ1) is 10.3. The molecule has 0 atom stereocenters. The van der Waals surface area contributed by atoms with Crippen LogP contribution in [-0.2, 0) is 17.2 Å². The monoisotopic (exact) mass is 227 g/mol. The normalized spacial score (nSPS) is 17.6. The molecule has 1 aromatic carbocycles. The van der Waals surface area contributed by atoms with Gasteiger partial charge in [-0.05, 0) is 17.7 Å². The highest BCUT2D eigenvalue weighted by molar-refractivity contribution is 5.76. The van der Waals surface area contributed by atoms with E-state index in [-0.39, 0.29) is 5.41 Å². The Bertz CT molecular complexity index is 605. The number of aromatic nitrogens is 2. The van der Waals surface area contributed by atoms with E-state index in [0.717, 1.165) is 16.6 Å². The molecule has 4 nitrogen and oxygen atoms in total. The third-order valence-corrected chi connectivity index (χ3v) is 3.51.